The Morgan fingerprint density at radius 1 is 1.19 bits per heavy atom. The Morgan fingerprint density at radius 3 is 2.62 bits per heavy atom. The Morgan fingerprint density at radius 2 is 1.90 bits per heavy atom. The number of hydrogen-bond acceptors (Lipinski definition) is 4. The number of carbonyl (C=O) groups is 1. The fourth-order valence-electron chi connectivity index (χ4n) is 2.73. The third kappa shape index (κ3) is 3.32. The van der Waals surface area contributed by atoms with Crippen molar-refractivity contribution in [3.05, 3.63) is 18.2 Å². The van der Waals surface area contributed by atoms with Gasteiger partial charge < -0.3 is 25.4 Å². The van der Waals surface area contributed by atoms with E-state index in [0.29, 0.717) is 32.3 Å². The Balaban J connectivity index is 1.61. The van der Waals surface area contributed by atoms with E-state index in [1.54, 1.807) is 4.90 Å². The Kier molecular flexibility index (Phi) is 4.03. The second-order valence-corrected chi connectivity index (χ2v) is 5.46. The number of rotatable bonds is 2. The molecule has 0 aromatic heterocycles. The maximum absolute atomic E-state index is 11.1. The first kappa shape index (κ1) is 13.9. The van der Waals surface area contributed by atoms with Crippen molar-refractivity contribution >= 4 is 11.7 Å². The largest absolute Gasteiger partial charge is 0.490 e. The highest BCUT2D eigenvalue weighted by atomic mass is 16.5. The quantitative estimate of drug-likeness (QED) is 0.871. The van der Waals surface area contributed by atoms with Crippen molar-refractivity contribution in [1.29, 1.82) is 0 Å². The van der Waals surface area contributed by atoms with Gasteiger partial charge in [-0.1, -0.05) is 0 Å². The standard InChI is InChI=1S/C15H21N3O3/c16-15(19)18-6-4-11(5-7-18)17-12-2-3-13-14(10-12)21-9-1-8-20-13/h2-3,10-11,17H,1,4-9H2,(H2,16,19). The van der Waals surface area contributed by atoms with E-state index < -0.39 is 0 Å². The van der Waals surface area contributed by atoms with Crippen LogP contribution in [0.2, 0.25) is 0 Å². The number of carbonyl (C=O) groups excluding carboxylic acids is 1. The van der Waals surface area contributed by atoms with Crippen molar-refractivity contribution < 1.29 is 14.3 Å². The van der Waals surface area contributed by atoms with Crippen molar-refractivity contribution in [3.8, 4) is 11.5 Å². The highest BCUT2D eigenvalue weighted by Crippen LogP contribution is 2.32. The summed E-state index contributed by atoms with van der Waals surface area (Å²) in [6, 6.07) is 5.96. The van der Waals surface area contributed by atoms with Crippen LogP contribution in [0.5, 0.6) is 11.5 Å². The summed E-state index contributed by atoms with van der Waals surface area (Å²) in [4.78, 5) is 12.8. The summed E-state index contributed by atoms with van der Waals surface area (Å²) in [5.74, 6) is 1.61. The molecule has 2 aliphatic heterocycles. The molecule has 21 heavy (non-hydrogen) atoms. The molecule has 0 bridgehead atoms. The van der Waals surface area contributed by atoms with E-state index in [-0.39, 0.29) is 6.03 Å². The molecule has 6 nitrogen and oxygen atoms in total. The van der Waals surface area contributed by atoms with Crippen LogP contribution < -0.4 is 20.5 Å². The van der Waals surface area contributed by atoms with Crippen LogP contribution in [0.4, 0.5) is 10.5 Å². The molecule has 0 spiro atoms. The lowest BCUT2D eigenvalue weighted by Gasteiger charge is -2.31. The number of hydrogen-bond donors (Lipinski definition) is 2. The van der Waals surface area contributed by atoms with E-state index in [0.717, 1.165) is 36.4 Å². The minimum absolute atomic E-state index is 0.330. The van der Waals surface area contributed by atoms with Gasteiger partial charge in [0.25, 0.3) is 0 Å². The Labute approximate surface area is 124 Å². The van der Waals surface area contributed by atoms with E-state index in [2.05, 4.69) is 5.32 Å². The lowest BCUT2D eigenvalue weighted by Crippen LogP contribution is -2.44. The lowest BCUT2D eigenvalue weighted by atomic mass is 10.0. The molecule has 2 amide bonds. The smallest absolute Gasteiger partial charge is 0.314 e. The van der Waals surface area contributed by atoms with Crippen LogP contribution in [-0.4, -0.2) is 43.3 Å². The van der Waals surface area contributed by atoms with Crippen molar-refractivity contribution in [2.45, 2.75) is 25.3 Å². The molecule has 0 atom stereocenters. The summed E-state index contributed by atoms with van der Waals surface area (Å²) in [6.45, 7) is 2.80. The molecular formula is C15H21N3O3. The average Bonchev–Trinajstić information content (AvgIpc) is 2.72. The molecule has 0 aliphatic carbocycles. The number of nitrogens with one attached hydrogen (secondary N) is 1. The zero-order valence-electron chi connectivity index (χ0n) is 12.0. The van der Waals surface area contributed by atoms with Crippen LogP contribution in [0, 0.1) is 0 Å². The number of fused-ring (bicyclic) bond motifs is 1. The van der Waals surface area contributed by atoms with Gasteiger partial charge in [-0.25, -0.2) is 4.79 Å². The highest BCUT2D eigenvalue weighted by Gasteiger charge is 2.21. The van der Waals surface area contributed by atoms with E-state index >= 15 is 0 Å². The number of primary amides is 1. The number of anilines is 1. The number of piperidine rings is 1. The SMILES string of the molecule is NC(=O)N1CCC(Nc2ccc3c(c2)OCCCO3)CC1. The maximum Gasteiger partial charge on any atom is 0.314 e. The maximum atomic E-state index is 11.1. The third-order valence-electron chi connectivity index (χ3n) is 3.92. The van der Waals surface area contributed by atoms with Gasteiger partial charge in [0, 0.05) is 37.3 Å². The molecule has 2 aliphatic rings. The van der Waals surface area contributed by atoms with Gasteiger partial charge in [-0.3, -0.25) is 0 Å². The van der Waals surface area contributed by atoms with Crippen molar-refractivity contribution in [2.24, 2.45) is 5.73 Å². The fraction of sp³-hybridized carbons (Fsp3) is 0.533. The molecule has 6 heteroatoms. The highest BCUT2D eigenvalue weighted by molar-refractivity contribution is 5.72. The number of urea groups is 1. The second kappa shape index (κ2) is 6.11. The van der Waals surface area contributed by atoms with Gasteiger partial charge in [0.1, 0.15) is 0 Å². The number of ether oxygens (including phenoxy) is 2. The van der Waals surface area contributed by atoms with Crippen molar-refractivity contribution in [3.63, 3.8) is 0 Å². The van der Waals surface area contributed by atoms with E-state index in [9.17, 15) is 4.79 Å². The van der Waals surface area contributed by atoms with Crippen molar-refractivity contribution in [2.75, 3.05) is 31.6 Å². The van der Waals surface area contributed by atoms with Crippen LogP contribution in [0.1, 0.15) is 19.3 Å². The number of likely N-dealkylation sites (tertiary alicyclic amines) is 1. The summed E-state index contributed by atoms with van der Waals surface area (Å²) in [6.07, 6.45) is 2.71. The third-order valence-corrected chi connectivity index (χ3v) is 3.92. The molecule has 1 aromatic carbocycles. The molecule has 1 saturated heterocycles. The van der Waals surface area contributed by atoms with Crippen LogP contribution in [0.25, 0.3) is 0 Å². The Hall–Kier alpha value is -2.11. The van der Waals surface area contributed by atoms with Gasteiger partial charge >= 0.3 is 6.03 Å². The first-order valence-corrected chi connectivity index (χ1v) is 7.43. The summed E-state index contributed by atoms with van der Waals surface area (Å²) in [5.41, 5.74) is 6.32. The molecule has 2 heterocycles. The van der Waals surface area contributed by atoms with Gasteiger partial charge in [0.05, 0.1) is 13.2 Å². The molecule has 1 aromatic rings. The lowest BCUT2D eigenvalue weighted by molar-refractivity contribution is 0.193. The first-order chi connectivity index (χ1) is 10.2. The molecule has 3 N–H and O–H groups in total. The summed E-state index contributed by atoms with van der Waals surface area (Å²) in [5, 5.41) is 3.50. The molecule has 114 valence electrons. The fourth-order valence-corrected chi connectivity index (χ4v) is 2.73. The molecule has 0 radical (unpaired) electrons. The van der Waals surface area contributed by atoms with Gasteiger partial charge in [-0.05, 0) is 25.0 Å². The summed E-state index contributed by atoms with van der Waals surface area (Å²) in [7, 11) is 0. The monoisotopic (exact) mass is 291 g/mol. The number of nitrogens with zero attached hydrogens (tertiary/aromatic N) is 1. The Bertz CT molecular complexity index is 513. The number of nitrogens with two attached hydrogens (primary N) is 1. The molecule has 3 rings (SSSR count). The first-order valence-electron chi connectivity index (χ1n) is 7.43. The summed E-state index contributed by atoms with van der Waals surface area (Å²) >= 11 is 0. The van der Waals surface area contributed by atoms with Gasteiger partial charge in [0.15, 0.2) is 11.5 Å². The normalized spacial score (nSPS) is 19.0. The van der Waals surface area contributed by atoms with E-state index in [1.165, 1.54) is 0 Å². The predicted octanol–water partition coefficient (Wildman–Crippen LogP) is 1.80. The van der Waals surface area contributed by atoms with Gasteiger partial charge in [-0.15, -0.1) is 0 Å². The van der Waals surface area contributed by atoms with Crippen molar-refractivity contribution in [1.82, 2.24) is 4.90 Å². The summed E-state index contributed by atoms with van der Waals surface area (Å²) < 4.78 is 11.3. The van der Waals surface area contributed by atoms with Crippen LogP contribution in [0.15, 0.2) is 18.2 Å². The topological polar surface area (TPSA) is 76.8 Å². The second-order valence-electron chi connectivity index (χ2n) is 5.46. The average molecular weight is 291 g/mol. The predicted molar refractivity (Wildman–Crippen MR) is 79.9 cm³/mol. The zero-order chi connectivity index (χ0) is 14.7. The number of amides is 2. The molecule has 0 unspecified atom stereocenters. The van der Waals surface area contributed by atoms with E-state index in [1.807, 2.05) is 18.2 Å². The van der Waals surface area contributed by atoms with Gasteiger partial charge in [0.2, 0.25) is 0 Å². The van der Waals surface area contributed by atoms with E-state index in [4.69, 9.17) is 15.2 Å². The molecule has 0 saturated carbocycles. The van der Waals surface area contributed by atoms with Crippen LogP contribution >= 0.6 is 0 Å². The minimum atomic E-state index is -0.330. The zero-order valence-corrected chi connectivity index (χ0v) is 12.0. The molecule has 1 fully saturated rings. The van der Waals surface area contributed by atoms with Crippen LogP contribution in [0.3, 0.4) is 0 Å². The molecular weight excluding hydrogens is 270 g/mol. The number of benzene rings is 1. The van der Waals surface area contributed by atoms with Gasteiger partial charge in [-0.2, -0.15) is 0 Å². The minimum Gasteiger partial charge on any atom is -0.490 e. The van der Waals surface area contributed by atoms with Crippen LogP contribution in [-0.2, 0) is 0 Å².